The molecule has 1 heterocycles. The van der Waals surface area contributed by atoms with Gasteiger partial charge in [-0.25, -0.2) is 4.98 Å². The van der Waals surface area contributed by atoms with Gasteiger partial charge in [-0.3, -0.25) is 0 Å². The van der Waals surface area contributed by atoms with Gasteiger partial charge in [0.25, 0.3) is 0 Å². The van der Waals surface area contributed by atoms with Crippen molar-refractivity contribution in [1.29, 1.82) is 0 Å². The third kappa shape index (κ3) is 1.82. The van der Waals surface area contributed by atoms with E-state index < -0.39 is 0 Å². The Labute approximate surface area is 85.3 Å². The highest BCUT2D eigenvalue weighted by atomic mass is 15.0. The molecule has 78 valence electrons. The SMILES string of the molecule is CCn1cnc(C(N)C2CCCC2)c1. The second kappa shape index (κ2) is 4.13. The second-order valence-corrected chi connectivity index (χ2v) is 4.20. The summed E-state index contributed by atoms with van der Waals surface area (Å²) in [6.07, 6.45) is 9.20. The maximum absolute atomic E-state index is 6.19. The lowest BCUT2D eigenvalue weighted by atomic mass is 9.97. The lowest BCUT2D eigenvalue weighted by Crippen LogP contribution is -2.19. The minimum absolute atomic E-state index is 0.158. The number of nitrogens with zero attached hydrogens (tertiary/aromatic N) is 2. The van der Waals surface area contributed by atoms with Crippen LogP contribution in [-0.2, 0) is 6.54 Å². The van der Waals surface area contributed by atoms with Crippen molar-refractivity contribution < 1.29 is 0 Å². The van der Waals surface area contributed by atoms with Crippen LogP contribution in [-0.4, -0.2) is 9.55 Å². The molecule has 0 saturated heterocycles. The van der Waals surface area contributed by atoms with Gasteiger partial charge in [-0.2, -0.15) is 0 Å². The first-order valence-electron chi connectivity index (χ1n) is 5.58. The summed E-state index contributed by atoms with van der Waals surface area (Å²) in [5.74, 6) is 0.662. The molecule has 3 nitrogen and oxygen atoms in total. The zero-order chi connectivity index (χ0) is 9.97. The monoisotopic (exact) mass is 193 g/mol. The van der Waals surface area contributed by atoms with E-state index in [1.165, 1.54) is 25.7 Å². The van der Waals surface area contributed by atoms with E-state index in [1.807, 2.05) is 6.33 Å². The van der Waals surface area contributed by atoms with Gasteiger partial charge in [0, 0.05) is 12.7 Å². The average molecular weight is 193 g/mol. The van der Waals surface area contributed by atoms with E-state index in [1.54, 1.807) is 0 Å². The zero-order valence-electron chi connectivity index (χ0n) is 8.82. The molecule has 1 atom stereocenters. The quantitative estimate of drug-likeness (QED) is 0.798. The summed E-state index contributed by atoms with van der Waals surface area (Å²) in [7, 11) is 0. The maximum atomic E-state index is 6.19. The molecule has 3 heteroatoms. The van der Waals surface area contributed by atoms with E-state index in [2.05, 4.69) is 22.7 Å². The zero-order valence-corrected chi connectivity index (χ0v) is 8.82. The van der Waals surface area contributed by atoms with Crippen LogP contribution >= 0.6 is 0 Å². The van der Waals surface area contributed by atoms with Gasteiger partial charge in [-0.15, -0.1) is 0 Å². The van der Waals surface area contributed by atoms with Crippen molar-refractivity contribution in [3.8, 4) is 0 Å². The lowest BCUT2D eigenvalue weighted by Gasteiger charge is -2.16. The molecule has 1 fully saturated rings. The fraction of sp³-hybridized carbons (Fsp3) is 0.727. The topological polar surface area (TPSA) is 43.8 Å². The van der Waals surface area contributed by atoms with Crippen molar-refractivity contribution in [1.82, 2.24) is 9.55 Å². The van der Waals surface area contributed by atoms with Crippen LogP contribution in [0.25, 0.3) is 0 Å². The summed E-state index contributed by atoms with van der Waals surface area (Å²) < 4.78 is 2.09. The standard InChI is InChI=1S/C11H19N3/c1-2-14-7-10(13-8-14)11(12)9-5-3-4-6-9/h7-9,11H,2-6,12H2,1H3. The Bertz CT molecular complexity index is 286. The van der Waals surface area contributed by atoms with Gasteiger partial charge in [0.1, 0.15) is 0 Å². The van der Waals surface area contributed by atoms with Crippen LogP contribution in [0.3, 0.4) is 0 Å². The summed E-state index contributed by atoms with van der Waals surface area (Å²) >= 11 is 0. The molecule has 1 aromatic heterocycles. The van der Waals surface area contributed by atoms with Gasteiger partial charge in [-0.05, 0) is 25.7 Å². The maximum Gasteiger partial charge on any atom is 0.0950 e. The number of hydrogen-bond acceptors (Lipinski definition) is 2. The van der Waals surface area contributed by atoms with Crippen molar-refractivity contribution in [2.24, 2.45) is 11.7 Å². The molecule has 0 aliphatic heterocycles. The summed E-state index contributed by atoms with van der Waals surface area (Å²) in [5, 5.41) is 0. The molecule has 2 rings (SSSR count). The van der Waals surface area contributed by atoms with Gasteiger partial charge in [-0.1, -0.05) is 12.8 Å². The first kappa shape index (κ1) is 9.71. The first-order chi connectivity index (χ1) is 6.81. The van der Waals surface area contributed by atoms with Crippen LogP contribution in [0, 0.1) is 5.92 Å². The molecule has 1 aromatic rings. The van der Waals surface area contributed by atoms with Crippen LogP contribution in [0.4, 0.5) is 0 Å². The molecule has 0 spiro atoms. The Kier molecular flexibility index (Phi) is 2.87. The third-order valence-electron chi connectivity index (χ3n) is 3.27. The minimum Gasteiger partial charge on any atom is -0.337 e. The number of rotatable bonds is 3. The summed E-state index contributed by atoms with van der Waals surface area (Å²) in [6, 6.07) is 0.158. The molecule has 0 radical (unpaired) electrons. The van der Waals surface area contributed by atoms with Crippen LogP contribution in [0.5, 0.6) is 0 Å². The van der Waals surface area contributed by atoms with Gasteiger partial charge in [0.2, 0.25) is 0 Å². The predicted molar refractivity (Wildman–Crippen MR) is 56.8 cm³/mol. The molecule has 1 aliphatic carbocycles. The Balaban J connectivity index is 2.05. The van der Waals surface area contributed by atoms with Gasteiger partial charge in [0.05, 0.1) is 18.1 Å². The predicted octanol–water partition coefficient (Wildman–Crippen LogP) is 2.09. The molecule has 0 bridgehead atoms. The number of nitrogens with two attached hydrogens (primary N) is 1. The van der Waals surface area contributed by atoms with E-state index in [0.717, 1.165) is 12.2 Å². The summed E-state index contributed by atoms with van der Waals surface area (Å²) in [5.41, 5.74) is 7.26. The molecule has 1 aliphatic rings. The third-order valence-corrected chi connectivity index (χ3v) is 3.27. The Hall–Kier alpha value is -0.830. The molecule has 2 N–H and O–H groups in total. The van der Waals surface area contributed by atoms with Crippen LogP contribution in [0.15, 0.2) is 12.5 Å². The summed E-state index contributed by atoms with van der Waals surface area (Å²) in [4.78, 5) is 4.37. The number of imidazole rings is 1. The van der Waals surface area contributed by atoms with Gasteiger partial charge in [0.15, 0.2) is 0 Å². The van der Waals surface area contributed by atoms with Gasteiger partial charge < -0.3 is 10.3 Å². The largest absolute Gasteiger partial charge is 0.337 e. The van der Waals surface area contributed by atoms with Crippen molar-refractivity contribution in [2.45, 2.75) is 45.2 Å². The molecule has 1 saturated carbocycles. The normalized spacial score (nSPS) is 20.1. The van der Waals surface area contributed by atoms with Crippen molar-refractivity contribution >= 4 is 0 Å². The minimum atomic E-state index is 0.158. The molecule has 0 aromatic carbocycles. The smallest absolute Gasteiger partial charge is 0.0950 e. The van der Waals surface area contributed by atoms with E-state index in [0.29, 0.717) is 5.92 Å². The van der Waals surface area contributed by atoms with E-state index in [-0.39, 0.29) is 6.04 Å². The van der Waals surface area contributed by atoms with E-state index >= 15 is 0 Å². The lowest BCUT2D eigenvalue weighted by molar-refractivity contribution is 0.437. The number of hydrogen-bond donors (Lipinski definition) is 1. The molecular formula is C11H19N3. The highest BCUT2D eigenvalue weighted by molar-refractivity contribution is 5.05. The number of aromatic nitrogens is 2. The highest BCUT2D eigenvalue weighted by Gasteiger charge is 2.24. The second-order valence-electron chi connectivity index (χ2n) is 4.20. The molecule has 0 amide bonds. The fourth-order valence-corrected chi connectivity index (χ4v) is 2.28. The fourth-order valence-electron chi connectivity index (χ4n) is 2.28. The molecular weight excluding hydrogens is 174 g/mol. The van der Waals surface area contributed by atoms with Crippen LogP contribution in [0.1, 0.15) is 44.3 Å². The molecule has 14 heavy (non-hydrogen) atoms. The average Bonchev–Trinajstić information content (AvgIpc) is 2.88. The van der Waals surface area contributed by atoms with Crippen LogP contribution < -0.4 is 5.73 Å². The molecule has 1 unspecified atom stereocenters. The van der Waals surface area contributed by atoms with Crippen molar-refractivity contribution in [3.63, 3.8) is 0 Å². The van der Waals surface area contributed by atoms with Crippen molar-refractivity contribution in [3.05, 3.63) is 18.2 Å². The Morgan fingerprint density at radius 1 is 1.57 bits per heavy atom. The highest BCUT2D eigenvalue weighted by Crippen LogP contribution is 2.33. The van der Waals surface area contributed by atoms with Crippen LogP contribution in [0.2, 0.25) is 0 Å². The Morgan fingerprint density at radius 2 is 2.29 bits per heavy atom. The van der Waals surface area contributed by atoms with E-state index in [9.17, 15) is 0 Å². The van der Waals surface area contributed by atoms with Crippen molar-refractivity contribution in [2.75, 3.05) is 0 Å². The van der Waals surface area contributed by atoms with E-state index in [4.69, 9.17) is 5.73 Å². The van der Waals surface area contributed by atoms with Gasteiger partial charge >= 0.3 is 0 Å². The first-order valence-corrected chi connectivity index (χ1v) is 5.58. The Morgan fingerprint density at radius 3 is 2.86 bits per heavy atom. The summed E-state index contributed by atoms with van der Waals surface area (Å²) in [6.45, 7) is 3.09. The number of aryl methyl sites for hydroxylation is 1.